The van der Waals surface area contributed by atoms with E-state index in [2.05, 4.69) is 54.8 Å². The van der Waals surface area contributed by atoms with E-state index < -0.39 is 0 Å². The minimum Gasteiger partial charge on any atom is -0.381 e. The normalized spacial score (nSPS) is 20.6. The van der Waals surface area contributed by atoms with Gasteiger partial charge in [0.15, 0.2) is 0 Å². The number of aromatic nitrogens is 1. The molecule has 3 nitrogen and oxygen atoms in total. The van der Waals surface area contributed by atoms with Crippen molar-refractivity contribution in [2.75, 3.05) is 0 Å². The molecule has 1 aromatic heterocycles. The Morgan fingerprint density at radius 1 is 0.792 bits per heavy atom. The second-order valence-corrected chi connectivity index (χ2v) is 7.17. The van der Waals surface area contributed by atoms with Crippen molar-refractivity contribution < 1.29 is 0 Å². The van der Waals surface area contributed by atoms with Gasteiger partial charge in [0, 0.05) is 11.4 Å². The van der Waals surface area contributed by atoms with E-state index in [9.17, 15) is 0 Å². The van der Waals surface area contributed by atoms with Crippen molar-refractivity contribution in [1.82, 2.24) is 15.6 Å². The Balaban J connectivity index is 1.64. The van der Waals surface area contributed by atoms with E-state index in [0.29, 0.717) is 0 Å². The van der Waals surface area contributed by atoms with Gasteiger partial charge >= 0.3 is 0 Å². The first-order chi connectivity index (χ1) is 11.7. The summed E-state index contributed by atoms with van der Waals surface area (Å²) in [5.74, 6) is 0. The third kappa shape index (κ3) is 4.62. The molecule has 2 N–H and O–H groups in total. The number of hydrogen-bond acceptors (Lipinski definition) is 3. The van der Waals surface area contributed by atoms with E-state index in [1.165, 1.54) is 62.8 Å². The van der Waals surface area contributed by atoms with Crippen LogP contribution in [0, 0.1) is 0 Å². The van der Waals surface area contributed by atoms with Gasteiger partial charge in [0.05, 0.1) is 23.5 Å². The molecule has 2 aliphatic rings. The van der Waals surface area contributed by atoms with Gasteiger partial charge in [-0.1, -0.05) is 18.2 Å². The van der Waals surface area contributed by atoms with Crippen molar-refractivity contribution in [3.63, 3.8) is 0 Å². The van der Waals surface area contributed by atoms with Crippen LogP contribution in [-0.2, 0) is 0 Å². The minimum atomic E-state index is 0.260. The quantitative estimate of drug-likeness (QED) is 0.745. The summed E-state index contributed by atoms with van der Waals surface area (Å²) in [6.07, 6.45) is 14.7. The van der Waals surface area contributed by atoms with Crippen LogP contribution >= 0.6 is 0 Å². The van der Waals surface area contributed by atoms with Crippen LogP contribution in [0.5, 0.6) is 0 Å². The first-order valence-corrected chi connectivity index (χ1v) is 9.60. The second-order valence-electron chi connectivity index (χ2n) is 7.17. The van der Waals surface area contributed by atoms with Gasteiger partial charge in [-0.2, -0.15) is 0 Å². The van der Waals surface area contributed by atoms with Crippen LogP contribution in [-0.4, -0.2) is 4.98 Å². The summed E-state index contributed by atoms with van der Waals surface area (Å²) in [6, 6.07) is 6.93. The van der Waals surface area contributed by atoms with Crippen molar-refractivity contribution in [3.8, 4) is 0 Å². The Bertz CT molecular complexity index is 554. The highest BCUT2D eigenvalue weighted by Crippen LogP contribution is 2.22. The Kier molecular flexibility index (Phi) is 5.95. The predicted molar refractivity (Wildman–Crippen MR) is 100 cm³/mol. The molecular weight excluding hydrogens is 294 g/mol. The molecule has 2 atom stereocenters. The molecule has 0 fully saturated rings. The largest absolute Gasteiger partial charge is 0.381 e. The molecule has 1 aromatic rings. The van der Waals surface area contributed by atoms with E-state index >= 15 is 0 Å². The summed E-state index contributed by atoms with van der Waals surface area (Å²) < 4.78 is 0. The van der Waals surface area contributed by atoms with Crippen molar-refractivity contribution in [1.29, 1.82) is 0 Å². The number of pyridine rings is 1. The average Bonchev–Trinajstić information content (AvgIpc) is 2.63. The van der Waals surface area contributed by atoms with Crippen molar-refractivity contribution in [2.24, 2.45) is 0 Å². The summed E-state index contributed by atoms with van der Waals surface area (Å²) in [7, 11) is 0. The third-order valence-electron chi connectivity index (χ3n) is 5.07. The maximum absolute atomic E-state index is 4.92. The van der Waals surface area contributed by atoms with Crippen molar-refractivity contribution in [2.45, 2.75) is 77.3 Å². The number of nitrogens with one attached hydrogen (secondary N) is 2. The van der Waals surface area contributed by atoms with Gasteiger partial charge in [0.1, 0.15) is 0 Å². The van der Waals surface area contributed by atoms with Gasteiger partial charge in [-0.15, -0.1) is 0 Å². The van der Waals surface area contributed by atoms with Gasteiger partial charge in [-0.3, -0.25) is 4.98 Å². The maximum Gasteiger partial charge on any atom is 0.0654 e. The molecule has 0 aromatic carbocycles. The number of hydrogen-bond donors (Lipinski definition) is 2. The van der Waals surface area contributed by atoms with Crippen LogP contribution in [0.2, 0.25) is 0 Å². The van der Waals surface area contributed by atoms with Crippen LogP contribution in [0.15, 0.2) is 41.7 Å². The van der Waals surface area contributed by atoms with Gasteiger partial charge in [-0.25, -0.2) is 0 Å². The van der Waals surface area contributed by atoms with Crippen LogP contribution in [0.3, 0.4) is 0 Å². The Morgan fingerprint density at radius 2 is 1.29 bits per heavy atom. The Labute approximate surface area is 146 Å². The third-order valence-corrected chi connectivity index (χ3v) is 5.07. The van der Waals surface area contributed by atoms with Gasteiger partial charge in [-0.05, 0) is 77.3 Å². The minimum absolute atomic E-state index is 0.260. The summed E-state index contributed by atoms with van der Waals surface area (Å²) in [4.78, 5) is 4.92. The van der Waals surface area contributed by atoms with E-state index in [1.807, 2.05) is 0 Å². The molecule has 0 saturated carbocycles. The molecule has 0 amide bonds. The van der Waals surface area contributed by atoms with Crippen molar-refractivity contribution >= 4 is 0 Å². The van der Waals surface area contributed by atoms with Gasteiger partial charge in [0.2, 0.25) is 0 Å². The predicted octanol–water partition coefficient (Wildman–Crippen LogP) is 5.30. The molecule has 0 aliphatic heterocycles. The lowest BCUT2D eigenvalue weighted by atomic mass is 10.0. The zero-order chi connectivity index (χ0) is 16.8. The monoisotopic (exact) mass is 325 g/mol. The smallest absolute Gasteiger partial charge is 0.0654 e. The van der Waals surface area contributed by atoms with Crippen LogP contribution in [0.4, 0.5) is 0 Å². The molecule has 0 bridgehead atoms. The summed E-state index contributed by atoms with van der Waals surface area (Å²) in [5.41, 5.74) is 5.04. The van der Waals surface area contributed by atoms with E-state index in [-0.39, 0.29) is 12.1 Å². The topological polar surface area (TPSA) is 37.0 Å². The van der Waals surface area contributed by atoms with Crippen molar-refractivity contribution in [3.05, 3.63) is 53.1 Å². The standard InChI is InChI=1S/C21H31N3/c1-16(22-18-10-5-3-6-11-18)20-14-9-15-21(24-20)17(2)23-19-12-7-4-8-13-19/h9-10,12,14-17,22-23H,3-8,11,13H2,1-2H3. The second kappa shape index (κ2) is 8.36. The highest BCUT2D eigenvalue weighted by atomic mass is 15.0. The molecule has 2 unspecified atom stereocenters. The molecule has 0 radical (unpaired) electrons. The van der Waals surface area contributed by atoms with E-state index in [4.69, 9.17) is 4.98 Å². The average molecular weight is 326 g/mol. The molecule has 3 heteroatoms. The Morgan fingerprint density at radius 3 is 1.71 bits per heavy atom. The van der Waals surface area contributed by atoms with Gasteiger partial charge < -0.3 is 10.6 Å². The summed E-state index contributed by atoms with van der Waals surface area (Å²) in [5, 5.41) is 7.30. The van der Waals surface area contributed by atoms with E-state index in [0.717, 1.165) is 11.4 Å². The highest BCUT2D eigenvalue weighted by Gasteiger charge is 2.14. The fraction of sp³-hybridized carbons (Fsp3) is 0.571. The lowest BCUT2D eigenvalue weighted by molar-refractivity contribution is 0.553. The summed E-state index contributed by atoms with van der Waals surface area (Å²) >= 11 is 0. The number of allylic oxidation sites excluding steroid dienone is 4. The SMILES string of the molecule is CC(NC1=CCCCC1)c1cccc(C(C)NC2=CCCCC2)n1. The lowest BCUT2D eigenvalue weighted by Gasteiger charge is -2.23. The van der Waals surface area contributed by atoms with Crippen LogP contribution in [0.25, 0.3) is 0 Å². The molecular formula is C21H31N3. The molecule has 0 saturated heterocycles. The first-order valence-electron chi connectivity index (χ1n) is 9.60. The summed E-state index contributed by atoms with van der Waals surface area (Å²) in [6.45, 7) is 4.42. The molecule has 1 heterocycles. The number of rotatable bonds is 6. The maximum atomic E-state index is 4.92. The molecule has 0 spiro atoms. The highest BCUT2D eigenvalue weighted by molar-refractivity contribution is 5.19. The first kappa shape index (κ1) is 17.1. The van der Waals surface area contributed by atoms with Gasteiger partial charge in [0.25, 0.3) is 0 Å². The molecule has 130 valence electrons. The molecule has 24 heavy (non-hydrogen) atoms. The zero-order valence-electron chi connectivity index (χ0n) is 15.1. The van der Waals surface area contributed by atoms with Crippen LogP contribution in [0.1, 0.15) is 88.7 Å². The fourth-order valence-corrected chi connectivity index (χ4v) is 3.59. The number of nitrogens with zero attached hydrogens (tertiary/aromatic N) is 1. The lowest BCUT2D eigenvalue weighted by Crippen LogP contribution is -2.23. The fourth-order valence-electron chi connectivity index (χ4n) is 3.59. The zero-order valence-corrected chi connectivity index (χ0v) is 15.1. The Hall–Kier alpha value is -1.77. The van der Waals surface area contributed by atoms with Crippen LogP contribution < -0.4 is 10.6 Å². The molecule has 2 aliphatic carbocycles. The molecule has 3 rings (SSSR count). The van der Waals surface area contributed by atoms with E-state index in [1.54, 1.807) is 0 Å².